The number of allylic oxidation sites excluding steroid dienone is 1. The Morgan fingerprint density at radius 2 is 2.00 bits per heavy atom. The standard InChI is InChI=1S/C9H19N/c1-5-6-7-10(4)8-9(2)3/h5-6,9H,7-8H2,1-4H3. The second kappa shape index (κ2) is 5.48. The maximum atomic E-state index is 2.32. The van der Waals surface area contributed by atoms with Crippen LogP contribution in [0.2, 0.25) is 0 Å². The monoisotopic (exact) mass is 141 g/mol. The first-order valence-electron chi connectivity index (χ1n) is 3.96. The van der Waals surface area contributed by atoms with E-state index in [9.17, 15) is 0 Å². The molecule has 0 aromatic carbocycles. The molecule has 0 aromatic rings. The van der Waals surface area contributed by atoms with Crippen LogP contribution in [0.3, 0.4) is 0 Å². The quantitative estimate of drug-likeness (QED) is 0.542. The van der Waals surface area contributed by atoms with Gasteiger partial charge >= 0.3 is 0 Å². The predicted molar refractivity (Wildman–Crippen MR) is 47.1 cm³/mol. The van der Waals surface area contributed by atoms with Crippen LogP contribution in [0.15, 0.2) is 12.2 Å². The van der Waals surface area contributed by atoms with Gasteiger partial charge in [0.15, 0.2) is 0 Å². The zero-order valence-electron chi connectivity index (χ0n) is 7.59. The van der Waals surface area contributed by atoms with Crippen molar-refractivity contribution in [3.05, 3.63) is 12.2 Å². The number of rotatable bonds is 4. The molecule has 0 aliphatic heterocycles. The number of likely N-dealkylation sites (N-methyl/N-ethyl adjacent to an activating group) is 1. The lowest BCUT2D eigenvalue weighted by Crippen LogP contribution is -2.23. The van der Waals surface area contributed by atoms with E-state index in [1.165, 1.54) is 6.54 Å². The summed E-state index contributed by atoms with van der Waals surface area (Å²) in [6.45, 7) is 8.81. The molecule has 0 fully saturated rings. The SMILES string of the molecule is CC=CCN(C)CC(C)C. The molecule has 0 spiro atoms. The maximum absolute atomic E-state index is 2.32. The Hall–Kier alpha value is -0.300. The van der Waals surface area contributed by atoms with Gasteiger partial charge in [0.1, 0.15) is 0 Å². The third-order valence-corrected chi connectivity index (χ3v) is 1.33. The Morgan fingerprint density at radius 1 is 1.40 bits per heavy atom. The van der Waals surface area contributed by atoms with E-state index in [4.69, 9.17) is 0 Å². The van der Waals surface area contributed by atoms with Crippen LogP contribution in [0.4, 0.5) is 0 Å². The maximum Gasteiger partial charge on any atom is 0.0160 e. The Balaban J connectivity index is 3.33. The van der Waals surface area contributed by atoms with Crippen LogP contribution in [0.1, 0.15) is 20.8 Å². The van der Waals surface area contributed by atoms with E-state index >= 15 is 0 Å². The van der Waals surface area contributed by atoms with E-state index in [-0.39, 0.29) is 0 Å². The van der Waals surface area contributed by atoms with Gasteiger partial charge in [0, 0.05) is 13.1 Å². The molecule has 0 rings (SSSR count). The summed E-state index contributed by atoms with van der Waals surface area (Å²) in [7, 11) is 2.15. The van der Waals surface area contributed by atoms with Gasteiger partial charge in [-0.1, -0.05) is 26.0 Å². The van der Waals surface area contributed by atoms with E-state index < -0.39 is 0 Å². The zero-order valence-corrected chi connectivity index (χ0v) is 7.59. The molecule has 0 heterocycles. The summed E-state index contributed by atoms with van der Waals surface area (Å²) in [5.41, 5.74) is 0. The van der Waals surface area contributed by atoms with Crippen molar-refractivity contribution < 1.29 is 0 Å². The fraction of sp³-hybridized carbons (Fsp3) is 0.778. The fourth-order valence-corrected chi connectivity index (χ4v) is 0.983. The highest BCUT2D eigenvalue weighted by Crippen LogP contribution is 1.94. The minimum absolute atomic E-state index is 0.773. The van der Waals surface area contributed by atoms with Gasteiger partial charge < -0.3 is 4.90 Å². The summed E-state index contributed by atoms with van der Waals surface area (Å²) in [5.74, 6) is 0.773. The van der Waals surface area contributed by atoms with Crippen molar-refractivity contribution in [2.45, 2.75) is 20.8 Å². The molecule has 1 heteroatoms. The van der Waals surface area contributed by atoms with Crippen molar-refractivity contribution in [1.29, 1.82) is 0 Å². The minimum atomic E-state index is 0.773. The first-order chi connectivity index (χ1) is 4.66. The molecule has 60 valence electrons. The first-order valence-corrected chi connectivity index (χ1v) is 3.96. The molecule has 1 nitrogen and oxygen atoms in total. The summed E-state index contributed by atoms with van der Waals surface area (Å²) in [5, 5.41) is 0. The Morgan fingerprint density at radius 3 is 2.40 bits per heavy atom. The fourth-order valence-electron chi connectivity index (χ4n) is 0.983. The first kappa shape index (κ1) is 9.70. The average Bonchev–Trinajstić information content (AvgIpc) is 1.82. The number of hydrogen-bond donors (Lipinski definition) is 0. The molecular formula is C9H19N. The summed E-state index contributed by atoms with van der Waals surface area (Å²) >= 11 is 0. The van der Waals surface area contributed by atoms with Crippen molar-refractivity contribution in [3.63, 3.8) is 0 Å². The molecule has 0 saturated heterocycles. The molecular weight excluding hydrogens is 122 g/mol. The summed E-state index contributed by atoms with van der Waals surface area (Å²) in [4.78, 5) is 2.32. The van der Waals surface area contributed by atoms with E-state index in [0.29, 0.717) is 0 Å². The second-order valence-corrected chi connectivity index (χ2v) is 3.18. The highest BCUT2D eigenvalue weighted by Gasteiger charge is 1.97. The lowest BCUT2D eigenvalue weighted by atomic mass is 10.2. The zero-order chi connectivity index (χ0) is 7.98. The van der Waals surface area contributed by atoms with E-state index in [1.807, 2.05) is 0 Å². The van der Waals surface area contributed by atoms with Gasteiger partial charge in [-0.2, -0.15) is 0 Å². The smallest absolute Gasteiger partial charge is 0.0160 e. The molecule has 0 unspecified atom stereocenters. The molecule has 0 saturated carbocycles. The van der Waals surface area contributed by atoms with Gasteiger partial charge in [-0.15, -0.1) is 0 Å². The summed E-state index contributed by atoms with van der Waals surface area (Å²) < 4.78 is 0. The van der Waals surface area contributed by atoms with Gasteiger partial charge in [0.2, 0.25) is 0 Å². The third-order valence-electron chi connectivity index (χ3n) is 1.33. The Labute approximate surface area is 64.7 Å². The second-order valence-electron chi connectivity index (χ2n) is 3.18. The molecule has 10 heavy (non-hydrogen) atoms. The van der Waals surface area contributed by atoms with Crippen LogP contribution in [0.25, 0.3) is 0 Å². The Bertz CT molecular complexity index is 94.9. The molecule has 0 aromatic heterocycles. The molecule has 0 radical (unpaired) electrons. The van der Waals surface area contributed by atoms with Crippen LogP contribution >= 0.6 is 0 Å². The Kier molecular flexibility index (Phi) is 5.32. The lowest BCUT2D eigenvalue weighted by Gasteiger charge is -2.16. The largest absolute Gasteiger partial charge is 0.302 e. The summed E-state index contributed by atoms with van der Waals surface area (Å²) in [6, 6.07) is 0. The molecule has 0 N–H and O–H groups in total. The van der Waals surface area contributed by atoms with Crippen molar-refractivity contribution in [3.8, 4) is 0 Å². The molecule has 0 bridgehead atoms. The number of hydrogen-bond acceptors (Lipinski definition) is 1. The van der Waals surface area contributed by atoms with E-state index in [2.05, 4.69) is 44.9 Å². The highest BCUT2D eigenvalue weighted by atomic mass is 15.1. The predicted octanol–water partition coefficient (Wildman–Crippen LogP) is 2.15. The topological polar surface area (TPSA) is 3.24 Å². The van der Waals surface area contributed by atoms with E-state index in [1.54, 1.807) is 0 Å². The molecule has 0 atom stereocenters. The minimum Gasteiger partial charge on any atom is -0.302 e. The van der Waals surface area contributed by atoms with Crippen LogP contribution in [-0.4, -0.2) is 25.0 Å². The molecule has 0 aliphatic rings. The lowest BCUT2D eigenvalue weighted by molar-refractivity contribution is 0.324. The van der Waals surface area contributed by atoms with Gasteiger partial charge in [-0.3, -0.25) is 0 Å². The van der Waals surface area contributed by atoms with Gasteiger partial charge in [0.25, 0.3) is 0 Å². The van der Waals surface area contributed by atoms with Crippen molar-refractivity contribution in [2.75, 3.05) is 20.1 Å². The molecule has 0 amide bonds. The molecule has 0 aliphatic carbocycles. The van der Waals surface area contributed by atoms with Crippen molar-refractivity contribution >= 4 is 0 Å². The third kappa shape index (κ3) is 5.83. The normalized spacial score (nSPS) is 12.2. The van der Waals surface area contributed by atoms with Gasteiger partial charge in [-0.05, 0) is 19.9 Å². The average molecular weight is 141 g/mol. The van der Waals surface area contributed by atoms with Crippen LogP contribution in [0, 0.1) is 5.92 Å². The highest BCUT2D eigenvalue weighted by molar-refractivity contribution is 4.80. The van der Waals surface area contributed by atoms with Crippen molar-refractivity contribution in [2.24, 2.45) is 5.92 Å². The number of nitrogens with zero attached hydrogens (tertiary/aromatic N) is 1. The van der Waals surface area contributed by atoms with Crippen LogP contribution < -0.4 is 0 Å². The summed E-state index contributed by atoms with van der Waals surface area (Å²) in [6.07, 6.45) is 4.28. The van der Waals surface area contributed by atoms with Crippen LogP contribution in [-0.2, 0) is 0 Å². The van der Waals surface area contributed by atoms with E-state index in [0.717, 1.165) is 12.5 Å². The van der Waals surface area contributed by atoms with Gasteiger partial charge in [0.05, 0.1) is 0 Å². The van der Waals surface area contributed by atoms with Crippen LogP contribution in [0.5, 0.6) is 0 Å². The van der Waals surface area contributed by atoms with Gasteiger partial charge in [-0.25, -0.2) is 0 Å². The van der Waals surface area contributed by atoms with Crippen molar-refractivity contribution in [1.82, 2.24) is 4.90 Å².